The van der Waals surface area contributed by atoms with Gasteiger partial charge in [-0.1, -0.05) is 23.4 Å². The van der Waals surface area contributed by atoms with Crippen molar-refractivity contribution in [2.75, 3.05) is 14.2 Å². The zero-order valence-electron chi connectivity index (χ0n) is 13.3. The van der Waals surface area contributed by atoms with E-state index in [1.807, 2.05) is 0 Å². The molecule has 2 aromatic rings. The van der Waals surface area contributed by atoms with E-state index in [2.05, 4.69) is 14.7 Å². The highest BCUT2D eigenvalue weighted by molar-refractivity contribution is 6.43. The summed E-state index contributed by atoms with van der Waals surface area (Å²) in [5, 5.41) is 3.61. The van der Waals surface area contributed by atoms with Crippen molar-refractivity contribution in [2.45, 2.75) is 6.18 Å². The molecule has 0 fully saturated rings. The van der Waals surface area contributed by atoms with E-state index in [0.717, 1.165) is 12.1 Å². The molecule has 8 heteroatoms. The number of methoxy groups -OCH3 is 1. The Morgan fingerprint density at radius 1 is 1.04 bits per heavy atom. The lowest BCUT2D eigenvalue weighted by Crippen LogP contribution is -2.18. The Kier molecular flexibility index (Phi) is 5.63. The molecule has 0 aliphatic rings. The van der Waals surface area contributed by atoms with Crippen LogP contribution in [-0.4, -0.2) is 25.9 Å². The molecule has 0 heterocycles. The molecule has 0 saturated heterocycles. The first-order chi connectivity index (χ1) is 11.9. The minimum absolute atomic E-state index is 0.0380. The number of esters is 1. The number of halogens is 3. The number of alkyl halides is 3. The second-order valence-electron chi connectivity index (χ2n) is 4.74. The van der Waals surface area contributed by atoms with Gasteiger partial charge in [0.1, 0.15) is 18.6 Å². The van der Waals surface area contributed by atoms with E-state index < -0.39 is 17.7 Å². The van der Waals surface area contributed by atoms with E-state index in [0.29, 0.717) is 0 Å². The number of carbonyl (C=O) groups excluding carboxylic acids is 1. The third kappa shape index (κ3) is 4.50. The number of oxime groups is 1. The average Bonchev–Trinajstić information content (AvgIpc) is 2.59. The molecule has 0 N–H and O–H groups in total. The summed E-state index contributed by atoms with van der Waals surface area (Å²) in [7, 11) is 2.42. The molecule has 0 spiro atoms. The van der Waals surface area contributed by atoms with Crippen LogP contribution in [0.25, 0.3) is 0 Å². The average molecular weight is 353 g/mol. The van der Waals surface area contributed by atoms with Crippen molar-refractivity contribution in [3.63, 3.8) is 0 Å². The smallest absolute Gasteiger partial charge is 0.416 e. The fourth-order valence-corrected chi connectivity index (χ4v) is 2.00. The standard InChI is InChI=1S/C17H14F3NO4/c1-23-16(22)15(21-24-2)13-8-3-4-9-14(13)25-12-7-5-6-11(10-12)17(18,19)20/h3-10H,1-2H3/b21-15+. The molecule has 0 aliphatic carbocycles. The molecule has 0 radical (unpaired) electrons. The lowest BCUT2D eigenvalue weighted by Gasteiger charge is -2.13. The summed E-state index contributed by atoms with van der Waals surface area (Å²) in [6.45, 7) is 0. The zero-order valence-corrected chi connectivity index (χ0v) is 13.3. The van der Waals surface area contributed by atoms with Crippen LogP contribution < -0.4 is 4.74 Å². The van der Waals surface area contributed by atoms with Crippen LogP contribution in [0.3, 0.4) is 0 Å². The van der Waals surface area contributed by atoms with Crippen molar-refractivity contribution >= 4 is 11.7 Å². The number of para-hydroxylation sites is 1. The molecule has 0 atom stereocenters. The maximum absolute atomic E-state index is 12.8. The summed E-state index contributed by atoms with van der Waals surface area (Å²) in [6, 6.07) is 10.6. The molecule has 0 unspecified atom stereocenters. The first kappa shape index (κ1) is 18.3. The molecule has 0 saturated carbocycles. The minimum atomic E-state index is -4.49. The maximum atomic E-state index is 12.8. The molecule has 2 aromatic carbocycles. The first-order valence-electron chi connectivity index (χ1n) is 7.00. The molecule has 0 amide bonds. The summed E-state index contributed by atoms with van der Waals surface area (Å²) in [5.41, 5.74) is -0.803. The summed E-state index contributed by atoms with van der Waals surface area (Å²) < 4.78 is 48.6. The Hall–Kier alpha value is -3.03. The summed E-state index contributed by atoms with van der Waals surface area (Å²) in [4.78, 5) is 16.5. The van der Waals surface area contributed by atoms with Gasteiger partial charge in [0.15, 0.2) is 5.71 Å². The number of hydrogen-bond donors (Lipinski definition) is 0. The van der Waals surface area contributed by atoms with Crippen LogP contribution in [0.15, 0.2) is 53.7 Å². The number of nitrogens with zero attached hydrogens (tertiary/aromatic N) is 1. The van der Waals surface area contributed by atoms with Crippen molar-refractivity contribution in [2.24, 2.45) is 5.16 Å². The molecule has 0 aromatic heterocycles. The van der Waals surface area contributed by atoms with Crippen LogP contribution in [0.5, 0.6) is 11.5 Å². The molecule has 0 aliphatic heterocycles. The quantitative estimate of drug-likeness (QED) is 0.463. The third-order valence-electron chi connectivity index (χ3n) is 3.09. The van der Waals surface area contributed by atoms with Crippen LogP contribution in [0, 0.1) is 0 Å². The van der Waals surface area contributed by atoms with Gasteiger partial charge in [-0.2, -0.15) is 13.2 Å². The van der Waals surface area contributed by atoms with E-state index in [-0.39, 0.29) is 22.8 Å². The molecule has 5 nitrogen and oxygen atoms in total. The second kappa shape index (κ2) is 7.69. The molecule has 25 heavy (non-hydrogen) atoms. The molecular formula is C17H14F3NO4. The number of ether oxygens (including phenoxy) is 2. The van der Waals surface area contributed by atoms with Gasteiger partial charge in [0, 0.05) is 0 Å². The fraction of sp³-hybridized carbons (Fsp3) is 0.176. The van der Waals surface area contributed by atoms with Gasteiger partial charge in [-0.25, -0.2) is 4.79 Å². The van der Waals surface area contributed by atoms with Crippen LogP contribution >= 0.6 is 0 Å². The normalized spacial score (nSPS) is 11.8. The zero-order chi connectivity index (χ0) is 18.4. The highest BCUT2D eigenvalue weighted by Gasteiger charge is 2.30. The van der Waals surface area contributed by atoms with Crippen LogP contribution in [-0.2, 0) is 20.5 Å². The van der Waals surface area contributed by atoms with Crippen molar-refractivity contribution < 1.29 is 32.3 Å². The number of rotatable bonds is 5. The van der Waals surface area contributed by atoms with Gasteiger partial charge in [0.05, 0.1) is 18.2 Å². The second-order valence-corrected chi connectivity index (χ2v) is 4.74. The molecular weight excluding hydrogens is 339 g/mol. The Morgan fingerprint density at radius 3 is 2.40 bits per heavy atom. The topological polar surface area (TPSA) is 57.1 Å². The Morgan fingerprint density at radius 2 is 1.76 bits per heavy atom. The molecule has 2 rings (SSSR count). The van der Waals surface area contributed by atoms with Gasteiger partial charge >= 0.3 is 12.1 Å². The van der Waals surface area contributed by atoms with Gasteiger partial charge in [-0.3, -0.25) is 0 Å². The van der Waals surface area contributed by atoms with Crippen LogP contribution in [0.4, 0.5) is 13.2 Å². The van der Waals surface area contributed by atoms with E-state index in [9.17, 15) is 18.0 Å². The highest BCUT2D eigenvalue weighted by atomic mass is 19.4. The Balaban J connectivity index is 2.42. The number of carbonyl (C=O) groups is 1. The molecule has 0 bridgehead atoms. The highest BCUT2D eigenvalue weighted by Crippen LogP contribution is 2.33. The SMILES string of the molecule is CO/N=C(/C(=O)OC)c1ccccc1Oc1cccc(C(F)(F)F)c1. The Labute approximate surface area is 141 Å². The van der Waals surface area contributed by atoms with Crippen molar-refractivity contribution in [3.8, 4) is 11.5 Å². The number of benzene rings is 2. The van der Waals surface area contributed by atoms with E-state index >= 15 is 0 Å². The van der Waals surface area contributed by atoms with E-state index in [1.165, 1.54) is 38.5 Å². The van der Waals surface area contributed by atoms with Gasteiger partial charge in [-0.05, 0) is 30.3 Å². The third-order valence-corrected chi connectivity index (χ3v) is 3.09. The van der Waals surface area contributed by atoms with E-state index in [1.54, 1.807) is 12.1 Å². The predicted octanol–water partition coefficient (Wildman–Crippen LogP) is 4.02. The van der Waals surface area contributed by atoms with Crippen molar-refractivity contribution in [3.05, 3.63) is 59.7 Å². The largest absolute Gasteiger partial charge is 0.464 e. The predicted molar refractivity (Wildman–Crippen MR) is 83.5 cm³/mol. The summed E-state index contributed by atoms with van der Waals surface area (Å²) in [6.07, 6.45) is -4.49. The van der Waals surface area contributed by atoms with E-state index in [4.69, 9.17) is 4.74 Å². The monoisotopic (exact) mass is 353 g/mol. The van der Waals surface area contributed by atoms with Crippen LogP contribution in [0.1, 0.15) is 11.1 Å². The van der Waals surface area contributed by atoms with Crippen LogP contribution in [0.2, 0.25) is 0 Å². The van der Waals surface area contributed by atoms with Gasteiger partial charge < -0.3 is 14.3 Å². The van der Waals surface area contributed by atoms with Crippen molar-refractivity contribution in [1.29, 1.82) is 0 Å². The number of hydrogen-bond acceptors (Lipinski definition) is 5. The lowest BCUT2D eigenvalue weighted by molar-refractivity contribution is -0.137. The lowest BCUT2D eigenvalue weighted by atomic mass is 10.1. The van der Waals surface area contributed by atoms with Gasteiger partial charge in [-0.15, -0.1) is 0 Å². The van der Waals surface area contributed by atoms with Gasteiger partial charge in [0.2, 0.25) is 0 Å². The van der Waals surface area contributed by atoms with Gasteiger partial charge in [0.25, 0.3) is 0 Å². The first-order valence-corrected chi connectivity index (χ1v) is 7.00. The molecule has 132 valence electrons. The Bertz CT molecular complexity index is 787. The maximum Gasteiger partial charge on any atom is 0.416 e. The minimum Gasteiger partial charge on any atom is -0.464 e. The fourth-order valence-electron chi connectivity index (χ4n) is 2.00. The summed E-state index contributed by atoms with van der Waals surface area (Å²) in [5.74, 6) is -0.686. The van der Waals surface area contributed by atoms with Crippen molar-refractivity contribution in [1.82, 2.24) is 0 Å². The summed E-state index contributed by atoms with van der Waals surface area (Å²) >= 11 is 0.